The maximum absolute atomic E-state index is 12.4. The Hall–Kier alpha value is -2.42. The van der Waals surface area contributed by atoms with E-state index in [4.69, 9.17) is 11.6 Å². The number of halogens is 1. The number of nitrogens with one attached hydrogen (secondary N) is 2. The molecule has 0 spiro atoms. The molecule has 3 rings (SSSR count). The second kappa shape index (κ2) is 9.87. The number of benzene rings is 1. The Kier molecular flexibility index (Phi) is 7.24. The van der Waals surface area contributed by atoms with Crippen LogP contribution in [0.1, 0.15) is 24.4 Å². The van der Waals surface area contributed by atoms with Crippen molar-refractivity contribution in [1.29, 1.82) is 0 Å². The van der Waals surface area contributed by atoms with Crippen molar-refractivity contribution in [3.05, 3.63) is 65.2 Å². The molecule has 0 aliphatic carbocycles. The third-order valence-corrected chi connectivity index (χ3v) is 5.82. The minimum Gasteiger partial charge on any atom is -0.331 e. The van der Waals surface area contributed by atoms with E-state index >= 15 is 0 Å². The van der Waals surface area contributed by atoms with E-state index in [1.54, 1.807) is 18.3 Å². The van der Waals surface area contributed by atoms with Gasteiger partial charge in [-0.05, 0) is 24.6 Å². The molecule has 9 heteroatoms. The van der Waals surface area contributed by atoms with Crippen molar-refractivity contribution < 1.29 is 9.69 Å². The van der Waals surface area contributed by atoms with Crippen LogP contribution in [0.3, 0.4) is 0 Å². The molecule has 1 atom stereocenters. The van der Waals surface area contributed by atoms with E-state index in [1.165, 1.54) is 16.7 Å². The van der Waals surface area contributed by atoms with Crippen LogP contribution in [0.25, 0.3) is 0 Å². The molecule has 2 aromatic heterocycles. The van der Waals surface area contributed by atoms with Gasteiger partial charge in [0.25, 0.3) is 0 Å². The Morgan fingerprint density at radius 1 is 1.21 bits per heavy atom. The summed E-state index contributed by atoms with van der Waals surface area (Å²) in [6.07, 6.45) is 1.58. The first-order valence-electron chi connectivity index (χ1n) is 9.26. The number of hydrogen-bond donors (Lipinski definition) is 2. The minimum absolute atomic E-state index is 0.170. The van der Waals surface area contributed by atoms with Gasteiger partial charge in [0.1, 0.15) is 6.04 Å². The van der Waals surface area contributed by atoms with Crippen LogP contribution in [0, 0.1) is 0 Å². The summed E-state index contributed by atoms with van der Waals surface area (Å²) in [5.74, 6) is 0.917. The van der Waals surface area contributed by atoms with Crippen molar-refractivity contribution >= 4 is 35.0 Å². The van der Waals surface area contributed by atoms with Crippen LogP contribution in [-0.2, 0) is 11.3 Å². The SMILES string of the molecule is C[C@H](c1nnc(SCC(=O)Nc2cccnc2Cl)n1Cc1ccccc1)[NH+](C)C. The summed E-state index contributed by atoms with van der Waals surface area (Å²) in [7, 11) is 4.17. The highest BCUT2D eigenvalue weighted by Crippen LogP contribution is 2.22. The first kappa shape index (κ1) is 21.3. The number of carbonyl (C=O) groups is 1. The molecule has 0 unspecified atom stereocenters. The van der Waals surface area contributed by atoms with Gasteiger partial charge in [0.15, 0.2) is 16.1 Å². The molecule has 0 bridgehead atoms. The van der Waals surface area contributed by atoms with Gasteiger partial charge in [0, 0.05) is 6.20 Å². The molecule has 152 valence electrons. The van der Waals surface area contributed by atoms with Crippen LogP contribution in [0.5, 0.6) is 0 Å². The Bertz CT molecular complexity index is 963. The van der Waals surface area contributed by atoms with Gasteiger partial charge in [-0.1, -0.05) is 53.7 Å². The minimum atomic E-state index is -0.174. The lowest BCUT2D eigenvalue weighted by Gasteiger charge is -2.18. The maximum atomic E-state index is 12.4. The summed E-state index contributed by atoms with van der Waals surface area (Å²) in [4.78, 5) is 17.6. The molecule has 3 aromatic rings. The number of thioether (sulfide) groups is 1. The lowest BCUT2D eigenvalue weighted by molar-refractivity contribution is -0.890. The highest BCUT2D eigenvalue weighted by atomic mass is 35.5. The number of pyridine rings is 1. The molecule has 2 heterocycles. The molecule has 0 radical (unpaired) electrons. The topological polar surface area (TPSA) is 77.1 Å². The van der Waals surface area contributed by atoms with Crippen LogP contribution in [-0.4, -0.2) is 45.5 Å². The summed E-state index contributed by atoms with van der Waals surface area (Å²) in [5.41, 5.74) is 1.65. The number of hydrogen-bond acceptors (Lipinski definition) is 5. The van der Waals surface area contributed by atoms with Crippen LogP contribution in [0.4, 0.5) is 5.69 Å². The Balaban J connectivity index is 1.76. The van der Waals surface area contributed by atoms with Crippen LogP contribution < -0.4 is 10.2 Å². The van der Waals surface area contributed by atoms with Crippen molar-refractivity contribution in [2.45, 2.75) is 24.7 Å². The van der Waals surface area contributed by atoms with E-state index in [0.717, 1.165) is 11.4 Å². The van der Waals surface area contributed by atoms with E-state index in [1.807, 2.05) is 18.2 Å². The van der Waals surface area contributed by atoms with E-state index in [0.29, 0.717) is 17.4 Å². The summed E-state index contributed by atoms with van der Waals surface area (Å²) in [5, 5.41) is 12.5. The molecule has 7 nitrogen and oxygen atoms in total. The lowest BCUT2D eigenvalue weighted by atomic mass is 10.2. The molecule has 2 N–H and O–H groups in total. The van der Waals surface area contributed by atoms with Crippen molar-refractivity contribution in [3.63, 3.8) is 0 Å². The van der Waals surface area contributed by atoms with Gasteiger partial charge in [-0.2, -0.15) is 0 Å². The number of amides is 1. The van der Waals surface area contributed by atoms with E-state index < -0.39 is 0 Å². The van der Waals surface area contributed by atoms with E-state index in [2.05, 4.69) is 58.2 Å². The number of nitrogens with zero attached hydrogens (tertiary/aromatic N) is 4. The maximum Gasteiger partial charge on any atom is 0.234 e. The predicted molar refractivity (Wildman–Crippen MR) is 115 cm³/mol. The molecular formula is C20H24ClN6OS+. The van der Waals surface area contributed by atoms with Gasteiger partial charge < -0.3 is 10.2 Å². The van der Waals surface area contributed by atoms with Crippen LogP contribution >= 0.6 is 23.4 Å². The number of rotatable bonds is 8. The lowest BCUT2D eigenvalue weighted by Crippen LogP contribution is -3.05. The Labute approximate surface area is 179 Å². The van der Waals surface area contributed by atoms with Crippen LogP contribution in [0.15, 0.2) is 53.8 Å². The summed E-state index contributed by atoms with van der Waals surface area (Å²) in [6.45, 7) is 2.77. The smallest absolute Gasteiger partial charge is 0.234 e. The van der Waals surface area contributed by atoms with E-state index in [9.17, 15) is 4.79 Å². The summed E-state index contributed by atoms with van der Waals surface area (Å²) in [6, 6.07) is 13.8. The van der Waals surface area contributed by atoms with Gasteiger partial charge in [-0.3, -0.25) is 9.36 Å². The molecule has 29 heavy (non-hydrogen) atoms. The Morgan fingerprint density at radius 3 is 2.66 bits per heavy atom. The third-order valence-electron chi connectivity index (χ3n) is 4.55. The number of aromatic nitrogens is 4. The molecular weight excluding hydrogens is 408 g/mol. The number of quaternary nitrogens is 1. The largest absolute Gasteiger partial charge is 0.331 e. The first-order valence-corrected chi connectivity index (χ1v) is 10.6. The third kappa shape index (κ3) is 5.56. The number of carbonyl (C=O) groups excluding carboxylic acids is 1. The zero-order valence-corrected chi connectivity index (χ0v) is 18.2. The molecule has 0 aliphatic heterocycles. The fourth-order valence-corrected chi connectivity index (χ4v) is 3.61. The van der Waals surface area contributed by atoms with Crippen molar-refractivity contribution in [2.75, 3.05) is 25.2 Å². The second-order valence-electron chi connectivity index (χ2n) is 6.89. The molecule has 1 aromatic carbocycles. The monoisotopic (exact) mass is 431 g/mol. The van der Waals surface area contributed by atoms with Crippen molar-refractivity contribution in [3.8, 4) is 0 Å². The molecule has 0 aliphatic rings. The zero-order chi connectivity index (χ0) is 20.8. The highest BCUT2D eigenvalue weighted by molar-refractivity contribution is 7.99. The summed E-state index contributed by atoms with van der Waals surface area (Å²) >= 11 is 7.36. The number of anilines is 1. The average molecular weight is 432 g/mol. The van der Waals surface area contributed by atoms with Gasteiger partial charge in [0.05, 0.1) is 32.1 Å². The van der Waals surface area contributed by atoms with Crippen LogP contribution in [0.2, 0.25) is 5.15 Å². The molecule has 1 amide bonds. The predicted octanol–water partition coefficient (Wildman–Crippen LogP) is 2.31. The van der Waals surface area contributed by atoms with Crippen molar-refractivity contribution in [1.82, 2.24) is 19.7 Å². The van der Waals surface area contributed by atoms with Gasteiger partial charge >= 0.3 is 0 Å². The fourth-order valence-electron chi connectivity index (χ4n) is 2.70. The molecule has 0 saturated carbocycles. The second-order valence-corrected chi connectivity index (χ2v) is 8.19. The fraction of sp³-hybridized carbons (Fsp3) is 0.300. The van der Waals surface area contributed by atoms with Gasteiger partial charge in [-0.25, -0.2) is 4.98 Å². The van der Waals surface area contributed by atoms with Crippen molar-refractivity contribution in [2.24, 2.45) is 0 Å². The normalized spacial score (nSPS) is 12.2. The first-order chi connectivity index (χ1) is 14.0. The standard InChI is InChI=1S/C20H23ClN6OS/c1-14(26(2)3)19-24-25-20(27(19)12-15-8-5-4-6-9-15)29-13-17(28)23-16-10-7-11-22-18(16)21/h4-11,14H,12-13H2,1-3H3,(H,23,28)/p+1/t14-/m1/s1. The average Bonchev–Trinajstić information content (AvgIpc) is 3.10. The quantitative estimate of drug-likeness (QED) is 0.422. The Morgan fingerprint density at radius 2 is 1.97 bits per heavy atom. The molecule has 0 fully saturated rings. The zero-order valence-electron chi connectivity index (χ0n) is 16.6. The van der Waals surface area contributed by atoms with Gasteiger partial charge in [0.2, 0.25) is 5.91 Å². The summed E-state index contributed by atoms with van der Waals surface area (Å²) < 4.78 is 2.09. The van der Waals surface area contributed by atoms with Gasteiger partial charge in [-0.15, -0.1) is 10.2 Å². The highest BCUT2D eigenvalue weighted by Gasteiger charge is 2.23. The molecule has 0 saturated heterocycles. The van der Waals surface area contributed by atoms with E-state index in [-0.39, 0.29) is 22.9 Å².